The van der Waals surface area contributed by atoms with Crippen molar-refractivity contribution in [2.75, 3.05) is 6.61 Å². The molecule has 0 atom stereocenters. The first kappa shape index (κ1) is 20.6. The average Bonchev–Trinajstić information content (AvgIpc) is 2.94. The number of aromatic amines is 1. The molecule has 0 radical (unpaired) electrons. The number of ether oxygens (including phenoxy) is 1. The topological polar surface area (TPSA) is 147 Å². The molecule has 0 unspecified atom stereocenters. The van der Waals surface area contributed by atoms with Crippen molar-refractivity contribution in [2.45, 2.75) is 43.1 Å². The minimum absolute atomic E-state index is 0.0274. The Balaban J connectivity index is 2.09. The van der Waals surface area contributed by atoms with Gasteiger partial charge in [0.15, 0.2) is 0 Å². The molecule has 9 nitrogen and oxygen atoms in total. The van der Waals surface area contributed by atoms with Gasteiger partial charge in [0.05, 0.1) is 17.6 Å². The average molecular weight is 406 g/mol. The maximum atomic E-state index is 11.7. The summed E-state index contributed by atoms with van der Waals surface area (Å²) in [7, 11) is -10.1. The zero-order chi connectivity index (χ0) is 19.4. The Morgan fingerprint density at radius 1 is 1.08 bits per heavy atom. The van der Waals surface area contributed by atoms with Gasteiger partial charge >= 0.3 is 0 Å². The van der Waals surface area contributed by atoms with Crippen LogP contribution < -0.4 is 4.74 Å². The summed E-state index contributed by atoms with van der Waals surface area (Å²) < 4.78 is 68.7. The first-order chi connectivity index (χ1) is 12.1. The first-order valence-electron chi connectivity index (χ1n) is 8.12. The number of hydrogen-bond acceptors (Lipinski definition) is 6. The van der Waals surface area contributed by atoms with Gasteiger partial charge in [0, 0.05) is 0 Å². The molecular weight excluding hydrogens is 384 g/mol. The smallest absolute Gasteiger partial charge is 0.294 e. The quantitative estimate of drug-likeness (QED) is 0.402. The summed E-state index contributed by atoms with van der Waals surface area (Å²) in [5.41, 5.74) is 1.45. The largest absolute Gasteiger partial charge is 0.465 e. The van der Waals surface area contributed by atoms with Crippen molar-refractivity contribution in [3.05, 3.63) is 24.3 Å². The molecule has 0 saturated carbocycles. The number of fused-ring (bicyclic) bond motifs is 1. The van der Waals surface area contributed by atoms with Crippen molar-refractivity contribution in [1.29, 1.82) is 0 Å². The third-order valence-corrected chi connectivity index (χ3v) is 8.12. The number of imidazole rings is 1. The Bertz CT molecular complexity index is 886. The molecule has 11 heteroatoms. The van der Waals surface area contributed by atoms with E-state index in [0.29, 0.717) is 11.9 Å². The van der Waals surface area contributed by atoms with E-state index in [4.69, 9.17) is 4.74 Å². The van der Waals surface area contributed by atoms with Gasteiger partial charge in [0.2, 0.25) is 4.08 Å². The van der Waals surface area contributed by atoms with E-state index in [9.17, 15) is 25.9 Å². The summed E-state index contributed by atoms with van der Waals surface area (Å²) >= 11 is 0. The lowest BCUT2D eigenvalue weighted by atomic mass is 10.1. The number of H-pyrrole nitrogens is 1. The van der Waals surface area contributed by atoms with E-state index in [2.05, 4.69) is 9.97 Å². The predicted octanol–water partition coefficient (Wildman–Crippen LogP) is 2.38. The van der Waals surface area contributed by atoms with Crippen LogP contribution in [0.5, 0.6) is 6.01 Å². The van der Waals surface area contributed by atoms with Crippen molar-refractivity contribution in [1.82, 2.24) is 9.97 Å². The van der Waals surface area contributed by atoms with Crippen LogP contribution in [0.15, 0.2) is 24.3 Å². The molecule has 0 spiro atoms. The van der Waals surface area contributed by atoms with Crippen LogP contribution in [-0.2, 0) is 20.2 Å². The molecule has 0 fully saturated rings. The molecule has 0 amide bonds. The highest BCUT2D eigenvalue weighted by Gasteiger charge is 2.53. The molecule has 2 aromatic rings. The van der Waals surface area contributed by atoms with Crippen molar-refractivity contribution < 1.29 is 30.7 Å². The Labute approximate surface area is 152 Å². The molecule has 0 aliphatic heterocycles. The van der Waals surface area contributed by atoms with E-state index in [0.717, 1.165) is 5.52 Å². The van der Waals surface area contributed by atoms with Gasteiger partial charge in [-0.05, 0) is 31.4 Å². The van der Waals surface area contributed by atoms with Crippen LogP contribution in [0.3, 0.4) is 0 Å². The number of hydrogen-bond donors (Lipinski definition) is 3. The van der Waals surface area contributed by atoms with Crippen molar-refractivity contribution >= 4 is 31.3 Å². The SMILES string of the molecule is CCCCC(CCCOc1nc2ccccc2[nH]1)(S(=O)(=O)O)S(=O)(=O)O. The molecule has 1 aromatic carbocycles. The molecule has 0 aliphatic carbocycles. The lowest BCUT2D eigenvalue weighted by Crippen LogP contribution is -2.46. The van der Waals surface area contributed by atoms with Gasteiger partial charge < -0.3 is 9.72 Å². The van der Waals surface area contributed by atoms with E-state index < -0.39 is 37.2 Å². The second-order valence-corrected chi connectivity index (χ2v) is 9.70. The molecule has 1 aromatic heterocycles. The Morgan fingerprint density at radius 3 is 2.27 bits per heavy atom. The fraction of sp³-hybridized carbons (Fsp3) is 0.533. The van der Waals surface area contributed by atoms with E-state index >= 15 is 0 Å². The maximum absolute atomic E-state index is 11.7. The fourth-order valence-electron chi connectivity index (χ4n) is 2.73. The summed E-state index contributed by atoms with van der Waals surface area (Å²) in [6.07, 6.45) is -0.205. The van der Waals surface area contributed by atoms with Gasteiger partial charge in [-0.25, -0.2) is 0 Å². The minimum Gasteiger partial charge on any atom is -0.465 e. The number of aromatic nitrogens is 2. The van der Waals surface area contributed by atoms with Crippen molar-refractivity contribution in [2.24, 2.45) is 0 Å². The fourth-order valence-corrected chi connectivity index (χ4v) is 5.40. The predicted molar refractivity (Wildman–Crippen MR) is 96.2 cm³/mol. The van der Waals surface area contributed by atoms with Crippen LogP contribution in [-0.4, -0.2) is 46.6 Å². The number of unbranched alkanes of at least 4 members (excludes halogenated alkanes) is 1. The standard InChI is InChI=1S/C15H22N2O7S2/c1-2-3-9-15(25(18,19)20,26(21,22)23)10-6-11-24-14-16-12-7-4-5-8-13(12)17-14/h4-5,7-8H,2-3,6,9-11H2,1H3,(H,16,17)(H,18,19,20)(H,21,22,23). The van der Waals surface area contributed by atoms with E-state index in [1.54, 1.807) is 13.0 Å². The zero-order valence-corrected chi connectivity index (χ0v) is 15.9. The molecule has 0 bridgehead atoms. The summed E-state index contributed by atoms with van der Waals surface area (Å²) in [6, 6.07) is 7.44. The molecular formula is C15H22N2O7S2. The van der Waals surface area contributed by atoms with Gasteiger partial charge in [-0.3, -0.25) is 9.11 Å². The van der Waals surface area contributed by atoms with E-state index in [1.807, 2.05) is 18.2 Å². The van der Waals surface area contributed by atoms with Crippen LogP contribution in [0.1, 0.15) is 39.0 Å². The van der Waals surface area contributed by atoms with Gasteiger partial charge in [0.25, 0.3) is 26.2 Å². The van der Waals surface area contributed by atoms with E-state index in [-0.39, 0.29) is 25.5 Å². The number of nitrogens with one attached hydrogen (secondary N) is 1. The summed E-state index contributed by atoms with van der Waals surface area (Å²) in [4.78, 5) is 7.10. The number of rotatable bonds is 10. The molecule has 0 aliphatic rings. The maximum Gasteiger partial charge on any atom is 0.294 e. The normalized spacial score (nSPS) is 13.2. The molecule has 2 rings (SSSR count). The van der Waals surface area contributed by atoms with Crippen LogP contribution in [0, 0.1) is 0 Å². The van der Waals surface area contributed by atoms with Crippen molar-refractivity contribution in [3.63, 3.8) is 0 Å². The molecule has 3 N–H and O–H groups in total. The number of nitrogens with zero attached hydrogens (tertiary/aromatic N) is 1. The van der Waals surface area contributed by atoms with Gasteiger partial charge in [-0.1, -0.05) is 31.9 Å². The summed E-state index contributed by atoms with van der Waals surface area (Å²) in [5.74, 6) is 0. The minimum atomic E-state index is -5.04. The molecule has 26 heavy (non-hydrogen) atoms. The highest BCUT2D eigenvalue weighted by atomic mass is 32.3. The molecule has 0 saturated heterocycles. The van der Waals surface area contributed by atoms with Gasteiger partial charge in [0.1, 0.15) is 0 Å². The monoisotopic (exact) mass is 406 g/mol. The van der Waals surface area contributed by atoms with Crippen LogP contribution >= 0.6 is 0 Å². The van der Waals surface area contributed by atoms with Crippen LogP contribution in [0.2, 0.25) is 0 Å². The second kappa shape index (κ2) is 7.91. The van der Waals surface area contributed by atoms with Crippen LogP contribution in [0.25, 0.3) is 11.0 Å². The zero-order valence-electron chi connectivity index (χ0n) is 14.3. The highest BCUT2D eigenvalue weighted by Crippen LogP contribution is 2.34. The number of para-hydroxylation sites is 2. The lowest BCUT2D eigenvalue weighted by Gasteiger charge is -2.27. The lowest BCUT2D eigenvalue weighted by molar-refractivity contribution is 0.279. The van der Waals surface area contributed by atoms with Crippen LogP contribution in [0.4, 0.5) is 0 Å². The third-order valence-electron chi connectivity index (χ3n) is 4.16. The number of benzene rings is 1. The second-order valence-electron chi connectivity index (χ2n) is 5.98. The van der Waals surface area contributed by atoms with Gasteiger partial charge in [-0.2, -0.15) is 21.8 Å². The summed E-state index contributed by atoms with van der Waals surface area (Å²) in [5, 5.41) is 0. The van der Waals surface area contributed by atoms with E-state index in [1.165, 1.54) is 0 Å². The Hall–Kier alpha value is -1.69. The Morgan fingerprint density at radius 2 is 1.69 bits per heavy atom. The highest BCUT2D eigenvalue weighted by molar-refractivity contribution is 8.05. The summed E-state index contributed by atoms with van der Waals surface area (Å²) in [6.45, 7) is 1.70. The molecule has 1 heterocycles. The Kier molecular flexibility index (Phi) is 6.27. The first-order valence-corrected chi connectivity index (χ1v) is 11.0. The van der Waals surface area contributed by atoms with Gasteiger partial charge in [-0.15, -0.1) is 0 Å². The van der Waals surface area contributed by atoms with Crippen molar-refractivity contribution in [3.8, 4) is 6.01 Å². The third kappa shape index (κ3) is 4.34. The molecule has 146 valence electrons.